The highest BCUT2D eigenvalue weighted by atomic mass is 32.1. The zero-order valence-electron chi connectivity index (χ0n) is 29.9. The molecule has 0 saturated heterocycles. The second-order valence-corrected chi connectivity index (χ2v) is 15.8. The molecule has 0 radical (unpaired) electrons. The molecule has 0 bridgehead atoms. The largest absolute Gasteiger partial charge is 0.135 e. The molecule has 1 heteroatoms. The molecule has 0 amide bonds. The summed E-state index contributed by atoms with van der Waals surface area (Å²) in [6.45, 7) is 0. The molecule has 0 atom stereocenters. The van der Waals surface area contributed by atoms with Crippen LogP contribution < -0.4 is 0 Å². The fourth-order valence-electron chi connectivity index (χ4n) is 9.32. The van der Waals surface area contributed by atoms with E-state index in [0.717, 1.165) is 0 Å². The van der Waals surface area contributed by atoms with Crippen molar-refractivity contribution in [2.24, 2.45) is 0 Å². The number of rotatable bonds is 2. The van der Waals surface area contributed by atoms with E-state index in [0.29, 0.717) is 0 Å². The molecule has 10 aromatic carbocycles. The van der Waals surface area contributed by atoms with Crippen molar-refractivity contribution in [2.75, 3.05) is 0 Å². The first kappa shape index (κ1) is 30.6. The minimum Gasteiger partial charge on any atom is -0.135 e. The van der Waals surface area contributed by atoms with Gasteiger partial charge in [-0.3, -0.25) is 0 Å². The number of hydrogen-bond acceptors (Lipinski definition) is 1. The van der Waals surface area contributed by atoms with Crippen LogP contribution in [0.3, 0.4) is 0 Å². The molecule has 1 aliphatic carbocycles. The highest BCUT2D eigenvalue weighted by molar-refractivity contribution is 7.26. The third kappa shape index (κ3) is 4.57. The second kappa shape index (κ2) is 11.9. The van der Waals surface area contributed by atoms with Crippen molar-refractivity contribution in [2.45, 2.75) is 0 Å². The fraction of sp³-hybridized carbons (Fsp3) is 0. The molecule has 254 valence electrons. The lowest BCUT2D eigenvalue weighted by Gasteiger charge is -2.23. The summed E-state index contributed by atoms with van der Waals surface area (Å²) >= 11 is 1.90. The van der Waals surface area contributed by atoms with Crippen LogP contribution >= 0.6 is 11.3 Å². The van der Waals surface area contributed by atoms with Gasteiger partial charge in [0, 0.05) is 20.2 Å². The van der Waals surface area contributed by atoms with E-state index in [-0.39, 0.29) is 0 Å². The van der Waals surface area contributed by atoms with Crippen molar-refractivity contribution < 1.29 is 0 Å². The smallest absolute Gasteiger partial charge is 0.0433 e. The van der Waals surface area contributed by atoms with Crippen LogP contribution in [0.1, 0.15) is 0 Å². The average molecular weight is 713 g/mol. The molecule has 55 heavy (non-hydrogen) atoms. The van der Waals surface area contributed by atoms with E-state index in [1.807, 2.05) is 11.3 Å². The lowest BCUT2D eigenvalue weighted by molar-refractivity contribution is 1.52. The third-order valence-electron chi connectivity index (χ3n) is 11.8. The Morgan fingerprint density at radius 3 is 1.20 bits per heavy atom. The van der Waals surface area contributed by atoms with Gasteiger partial charge in [-0.15, -0.1) is 11.3 Å². The minimum atomic E-state index is 1.24. The Kier molecular flexibility index (Phi) is 6.60. The normalized spacial score (nSPS) is 12.0. The van der Waals surface area contributed by atoms with E-state index in [2.05, 4.69) is 194 Å². The SMILES string of the molecule is c1ccc2c(c1)-c1ccccc1-c1ccc(-c3cccc4c3sc3ccc(-c5ccc6c7ccccc7c7ccccc7c6c5)cc34)cc1-c1ccccc1-2. The number of thiophene rings is 1. The van der Waals surface area contributed by atoms with E-state index < -0.39 is 0 Å². The Hall–Kier alpha value is -6.80. The molecule has 1 heterocycles. The van der Waals surface area contributed by atoms with Gasteiger partial charge in [0.2, 0.25) is 0 Å². The zero-order chi connectivity index (χ0) is 36.0. The van der Waals surface area contributed by atoms with Crippen molar-refractivity contribution in [3.8, 4) is 66.8 Å². The Morgan fingerprint density at radius 2 is 0.618 bits per heavy atom. The lowest BCUT2D eigenvalue weighted by atomic mass is 9.80. The van der Waals surface area contributed by atoms with Gasteiger partial charge in [-0.2, -0.15) is 0 Å². The van der Waals surface area contributed by atoms with Crippen molar-refractivity contribution in [1.82, 2.24) is 0 Å². The topological polar surface area (TPSA) is 0 Å². The first-order valence-electron chi connectivity index (χ1n) is 19.0. The van der Waals surface area contributed by atoms with Gasteiger partial charge in [0.1, 0.15) is 0 Å². The predicted octanol–water partition coefficient (Wildman–Crippen LogP) is 15.8. The molecule has 0 saturated carbocycles. The number of fused-ring (bicyclic) bond motifs is 17. The first-order valence-corrected chi connectivity index (χ1v) is 19.8. The van der Waals surface area contributed by atoms with Gasteiger partial charge in [0.05, 0.1) is 0 Å². The maximum Gasteiger partial charge on any atom is 0.0433 e. The molecule has 0 N–H and O–H groups in total. The molecule has 1 aromatic heterocycles. The Bertz CT molecular complexity index is 3340. The molecular weight excluding hydrogens is 681 g/mol. The van der Waals surface area contributed by atoms with Crippen molar-refractivity contribution >= 4 is 63.8 Å². The summed E-state index contributed by atoms with van der Waals surface area (Å²) in [7, 11) is 0. The Morgan fingerprint density at radius 1 is 0.218 bits per heavy atom. The van der Waals surface area contributed by atoms with E-state index in [1.165, 1.54) is 119 Å². The van der Waals surface area contributed by atoms with Crippen LogP contribution in [-0.4, -0.2) is 0 Å². The maximum atomic E-state index is 2.44. The first-order chi connectivity index (χ1) is 27.3. The highest BCUT2D eigenvalue weighted by Gasteiger charge is 2.22. The van der Waals surface area contributed by atoms with Crippen LogP contribution in [0.2, 0.25) is 0 Å². The highest BCUT2D eigenvalue weighted by Crippen LogP contribution is 2.49. The second-order valence-electron chi connectivity index (χ2n) is 14.7. The van der Waals surface area contributed by atoms with Crippen molar-refractivity contribution in [3.63, 3.8) is 0 Å². The molecule has 11 aromatic rings. The van der Waals surface area contributed by atoms with Crippen LogP contribution in [-0.2, 0) is 0 Å². The summed E-state index contributed by atoms with van der Waals surface area (Å²) in [4.78, 5) is 0. The summed E-state index contributed by atoms with van der Waals surface area (Å²) in [6, 6.07) is 72.3. The fourth-order valence-corrected chi connectivity index (χ4v) is 10.5. The molecule has 0 nitrogen and oxygen atoms in total. The summed E-state index contributed by atoms with van der Waals surface area (Å²) in [6.07, 6.45) is 0. The summed E-state index contributed by atoms with van der Waals surface area (Å²) in [5.74, 6) is 0. The van der Waals surface area contributed by atoms with Crippen LogP contribution in [0, 0.1) is 0 Å². The standard InChI is InChI=1S/C54H32S/c1-2-13-38-37(12-1)39-14-3-5-18-43(39)48-28-25-35(32-51(48)46-21-10-8-16-41(38)46)36-22-11-23-49-52-31-34(26-29-53(52)55-54(36)49)33-24-27-47-44-19-6-4-15-40(44)42-17-7-9-20-45(42)50(47)30-33/h1-32H. The molecule has 0 spiro atoms. The van der Waals surface area contributed by atoms with Gasteiger partial charge in [-0.05, 0) is 123 Å². The zero-order valence-corrected chi connectivity index (χ0v) is 30.7. The van der Waals surface area contributed by atoms with E-state index in [4.69, 9.17) is 0 Å². The third-order valence-corrected chi connectivity index (χ3v) is 13.1. The van der Waals surface area contributed by atoms with Crippen molar-refractivity contribution in [3.05, 3.63) is 194 Å². The molecular formula is C54H32S. The van der Waals surface area contributed by atoms with Crippen LogP contribution in [0.25, 0.3) is 119 Å². The van der Waals surface area contributed by atoms with Crippen LogP contribution in [0.15, 0.2) is 194 Å². The van der Waals surface area contributed by atoms with Gasteiger partial charge in [-0.1, -0.05) is 170 Å². The quantitative estimate of drug-likeness (QED) is 0.157. The summed E-state index contributed by atoms with van der Waals surface area (Å²) in [5.41, 5.74) is 15.2. The van der Waals surface area contributed by atoms with Crippen molar-refractivity contribution in [1.29, 1.82) is 0 Å². The molecule has 1 aliphatic rings. The van der Waals surface area contributed by atoms with Gasteiger partial charge in [0.25, 0.3) is 0 Å². The van der Waals surface area contributed by atoms with E-state index >= 15 is 0 Å². The Labute approximate surface area is 323 Å². The van der Waals surface area contributed by atoms with E-state index in [9.17, 15) is 0 Å². The minimum absolute atomic E-state index is 1.24. The number of hydrogen-bond donors (Lipinski definition) is 0. The van der Waals surface area contributed by atoms with E-state index in [1.54, 1.807) is 0 Å². The Balaban J connectivity index is 1.03. The van der Waals surface area contributed by atoms with Crippen LogP contribution in [0.5, 0.6) is 0 Å². The van der Waals surface area contributed by atoms with Gasteiger partial charge >= 0.3 is 0 Å². The molecule has 12 rings (SSSR count). The maximum absolute atomic E-state index is 2.44. The lowest BCUT2D eigenvalue weighted by Crippen LogP contribution is -1.97. The van der Waals surface area contributed by atoms with Crippen LogP contribution in [0.4, 0.5) is 0 Å². The summed E-state index contributed by atoms with van der Waals surface area (Å²) < 4.78 is 2.64. The molecule has 0 unspecified atom stereocenters. The predicted molar refractivity (Wildman–Crippen MR) is 238 cm³/mol. The summed E-state index contributed by atoms with van der Waals surface area (Å²) in [5, 5.41) is 10.4. The molecule has 0 aliphatic heterocycles. The molecule has 0 fully saturated rings. The average Bonchev–Trinajstić information content (AvgIpc) is 3.64. The monoisotopic (exact) mass is 712 g/mol. The number of benzene rings is 10. The van der Waals surface area contributed by atoms with Gasteiger partial charge in [-0.25, -0.2) is 0 Å². The van der Waals surface area contributed by atoms with Gasteiger partial charge < -0.3 is 0 Å². The van der Waals surface area contributed by atoms with Gasteiger partial charge in [0.15, 0.2) is 0 Å².